The van der Waals surface area contributed by atoms with Gasteiger partial charge in [0.15, 0.2) is 5.96 Å². The van der Waals surface area contributed by atoms with Gasteiger partial charge >= 0.3 is 0 Å². The Morgan fingerprint density at radius 1 is 1.35 bits per heavy atom. The first-order chi connectivity index (χ1) is 12.5. The lowest BCUT2D eigenvalue weighted by atomic mass is 9.83. The Labute approximate surface area is 159 Å². The maximum absolute atomic E-state index is 12.2. The molecule has 0 bridgehead atoms. The number of hydrogen-bond acceptors (Lipinski definition) is 3. The molecule has 2 rings (SSSR count). The quantitative estimate of drug-likeness (QED) is 0.393. The van der Waals surface area contributed by atoms with Crippen LogP contribution >= 0.6 is 0 Å². The number of likely N-dealkylation sites (tertiary alicyclic amines) is 1. The fraction of sp³-hybridized carbons (Fsp3) is 0.900. The lowest BCUT2D eigenvalue weighted by Gasteiger charge is -2.30. The Balaban J connectivity index is 1.81. The van der Waals surface area contributed by atoms with E-state index in [9.17, 15) is 4.79 Å². The number of nitrogens with one attached hydrogen (secondary N) is 2. The van der Waals surface area contributed by atoms with E-state index in [0.717, 1.165) is 51.6 Å². The zero-order chi connectivity index (χ0) is 19.0. The highest BCUT2D eigenvalue weighted by atomic mass is 16.5. The van der Waals surface area contributed by atoms with Crippen molar-refractivity contribution in [2.45, 2.75) is 65.3 Å². The molecule has 6 nitrogen and oxygen atoms in total. The van der Waals surface area contributed by atoms with Crippen LogP contribution in [-0.4, -0.2) is 62.7 Å². The van der Waals surface area contributed by atoms with Crippen LogP contribution in [0.25, 0.3) is 0 Å². The number of aliphatic imine (C=N–C) groups is 1. The van der Waals surface area contributed by atoms with Crippen LogP contribution in [0.1, 0.15) is 59.3 Å². The molecule has 1 saturated carbocycles. The zero-order valence-electron chi connectivity index (χ0n) is 17.1. The average molecular weight is 367 g/mol. The van der Waals surface area contributed by atoms with Gasteiger partial charge < -0.3 is 20.3 Å². The monoisotopic (exact) mass is 366 g/mol. The van der Waals surface area contributed by atoms with E-state index in [2.05, 4.69) is 22.5 Å². The number of ether oxygens (including phenoxy) is 1. The topological polar surface area (TPSA) is 66.0 Å². The van der Waals surface area contributed by atoms with E-state index in [4.69, 9.17) is 4.74 Å². The molecule has 6 heteroatoms. The highest BCUT2D eigenvalue weighted by Gasteiger charge is 2.34. The minimum atomic E-state index is 0.0683. The highest BCUT2D eigenvalue weighted by Crippen LogP contribution is 2.40. The van der Waals surface area contributed by atoms with E-state index < -0.39 is 0 Å². The molecule has 0 aromatic carbocycles. The van der Waals surface area contributed by atoms with Crippen molar-refractivity contribution in [3.63, 3.8) is 0 Å². The van der Waals surface area contributed by atoms with Crippen molar-refractivity contribution in [2.24, 2.45) is 16.3 Å². The van der Waals surface area contributed by atoms with Crippen LogP contribution in [0, 0.1) is 11.3 Å². The van der Waals surface area contributed by atoms with Crippen LogP contribution in [-0.2, 0) is 9.53 Å². The molecule has 0 spiro atoms. The van der Waals surface area contributed by atoms with Gasteiger partial charge in [0.1, 0.15) is 0 Å². The fourth-order valence-corrected chi connectivity index (χ4v) is 4.18. The molecule has 1 aliphatic carbocycles. The molecule has 2 fully saturated rings. The second-order valence-electron chi connectivity index (χ2n) is 8.15. The minimum absolute atomic E-state index is 0.0683. The highest BCUT2D eigenvalue weighted by molar-refractivity contribution is 5.81. The summed E-state index contributed by atoms with van der Waals surface area (Å²) in [6, 6.07) is 0.284. The standard InChI is InChI=1S/C20H38N4O2/c1-5-26-13-11-20(9-6-7-10-20)15-22-19(21-4)23-17-8-12-24(14-17)18(25)16(2)3/h16-17H,5-15H2,1-4H3,(H2,21,22,23). The maximum Gasteiger partial charge on any atom is 0.225 e. The molecule has 150 valence electrons. The van der Waals surface area contributed by atoms with Gasteiger partial charge in [0.05, 0.1) is 0 Å². The van der Waals surface area contributed by atoms with Gasteiger partial charge in [0.2, 0.25) is 5.91 Å². The number of carbonyl (C=O) groups is 1. The predicted molar refractivity (Wildman–Crippen MR) is 106 cm³/mol. The molecule has 2 aliphatic rings. The van der Waals surface area contributed by atoms with Crippen molar-refractivity contribution >= 4 is 11.9 Å². The van der Waals surface area contributed by atoms with Gasteiger partial charge in [-0.15, -0.1) is 0 Å². The van der Waals surface area contributed by atoms with Crippen molar-refractivity contribution in [3.05, 3.63) is 0 Å². The first-order valence-electron chi connectivity index (χ1n) is 10.3. The summed E-state index contributed by atoms with van der Waals surface area (Å²) < 4.78 is 5.60. The molecule has 2 N–H and O–H groups in total. The summed E-state index contributed by atoms with van der Waals surface area (Å²) in [5, 5.41) is 7.06. The SMILES string of the molecule is CCOCCC1(CNC(=NC)NC2CCN(C(=O)C(C)C)C2)CCCC1. The maximum atomic E-state index is 12.2. The normalized spacial score (nSPS) is 22.9. The van der Waals surface area contributed by atoms with E-state index in [1.165, 1.54) is 25.7 Å². The molecule has 0 aromatic rings. The summed E-state index contributed by atoms with van der Waals surface area (Å²) >= 11 is 0. The van der Waals surface area contributed by atoms with Gasteiger partial charge in [0.25, 0.3) is 0 Å². The Morgan fingerprint density at radius 2 is 2.08 bits per heavy atom. The van der Waals surface area contributed by atoms with Gasteiger partial charge in [0, 0.05) is 51.9 Å². The zero-order valence-corrected chi connectivity index (χ0v) is 17.1. The predicted octanol–water partition coefficient (Wildman–Crippen LogP) is 2.40. The number of guanidine groups is 1. The summed E-state index contributed by atoms with van der Waals surface area (Å²) in [4.78, 5) is 18.5. The summed E-state index contributed by atoms with van der Waals surface area (Å²) in [5.74, 6) is 1.17. The fourth-order valence-electron chi connectivity index (χ4n) is 4.18. The van der Waals surface area contributed by atoms with Crippen molar-refractivity contribution in [1.82, 2.24) is 15.5 Å². The lowest BCUT2D eigenvalue weighted by molar-refractivity contribution is -0.133. The van der Waals surface area contributed by atoms with E-state index in [0.29, 0.717) is 5.41 Å². The summed E-state index contributed by atoms with van der Waals surface area (Å²) in [7, 11) is 1.82. The smallest absolute Gasteiger partial charge is 0.225 e. The van der Waals surface area contributed by atoms with Crippen LogP contribution in [0.5, 0.6) is 0 Å². The van der Waals surface area contributed by atoms with Gasteiger partial charge in [-0.1, -0.05) is 26.7 Å². The molecule has 0 aromatic heterocycles. The van der Waals surface area contributed by atoms with Crippen LogP contribution in [0.4, 0.5) is 0 Å². The number of amides is 1. The van der Waals surface area contributed by atoms with Crippen LogP contribution < -0.4 is 10.6 Å². The van der Waals surface area contributed by atoms with Gasteiger partial charge in [-0.25, -0.2) is 0 Å². The van der Waals surface area contributed by atoms with E-state index in [-0.39, 0.29) is 17.9 Å². The number of hydrogen-bond donors (Lipinski definition) is 2. The van der Waals surface area contributed by atoms with Crippen molar-refractivity contribution < 1.29 is 9.53 Å². The lowest BCUT2D eigenvalue weighted by Crippen LogP contribution is -2.48. The molecule has 1 amide bonds. The first kappa shape index (κ1) is 21.0. The molecule has 1 heterocycles. The number of nitrogens with zero attached hydrogens (tertiary/aromatic N) is 2. The molecule has 26 heavy (non-hydrogen) atoms. The third-order valence-corrected chi connectivity index (χ3v) is 5.83. The van der Waals surface area contributed by atoms with Gasteiger partial charge in [-0.2, -0.15) is 0 Å². The van der Waals surface area contributed by atoms with Crippen LogP contribution in [0.3, 0.4) is 0 Å². The molecule has 1 saturated heterocycles. The molecule has 0 radical (unpaired) electrons. The number of carbonyl (C=O) groups excluding carboxylic acids is 1. The van der Waals surface area contributed by atoms with E-state index in [1.807, 2.05) is 25.8 Å². The Hall–Kier alpha value is -1.30. The van der Waals surface area contributed by atoms with Crippen molar-refractivity contribution in [3.8, 4) is 0 Å². The molecule has 1 unspecified atom stereocenters. The Kier molecular flexibility index (Phi) is 8.19. The average Bonchev–Trinajstić information content (AvgIpc) is 3.28. The number of rotatable bonds is 8. The minimum Gasteiger partial charge on any atom is -0.382 e. The van der Waals surface area contributed by atoms with E-state index in [1.54, 1.807) is 0 Å². The largest absolute Gasteiger partial charge is 0.382 e. The van der Waals surface area contributed by atoms with Crippen molar-refractivity contribution in [2.75, 3.05) is 39.9 Å². The summed E-state index contributed by atoms with van der Waals surface area (Å²) in [6.45, 7) is 10.2. The van der Waals surface area contributed by atoms with Gasteiger partial charge in [-0.3, -0.25) is 9.79 Å². The third-order valence-electron chi connectivity index (χ3n) is 5.83. The summed E-state index contributed by atoms with van der Waals surface area (Å²) in [5.41, 5.74) is 0.335. The van der Waals surface area contributed by atoms with Crippen LogP contribution in [0.2, 0.25) is 0 Å². The molecular weight excluding hydrogens is 328 g/mol. The summed E-state index contributed by atoms with van der Waals surface area (Å²) in [6.07, 6.45) is 7.26. The van der Waals surface area contributed by atoms with Crippen LogP contribution in [0.15, 0.2) is 4.99 Å². The molecule has 1 atom stereocenters. The molecular formula is C20H38N4O2. The third kappa shape index (κ3) is 5.86. The second kappa shape index (κ2) is 10.1. The van der Waals surface area contributed by atoms with Gasteiger partial charge in [-0.05, 0) is 38.0 Å². The Morgan fingerprint density at radius 3 is 2.69 bits per heavy atom. The van der Waals surface area contributed by atoms with E-state index >= 15 is 0 Å². The Bertz CT molecular complexity index is 472. The van der Waals surface area contributed by atoms with Crippen molar-refractivity contribution in [1.29, 1.82) is 0 Å². The molecule has 1 aliphatic heterocycles. The first-order valence-corrected chi connectivity index (χ1v) is 10.3. The second-order valence-corrected chi connectivity index (χ2v) is 8.15.